The van der Waals surface area contributed by atoms with E-state index in [1.807, 2.05) is 11.0 Å². The number of anilines is 3. The highest BCUT2D eigenvalue weighted by Crippen LogP contribution is 2.32. The van der Waals surface area contributed by atoms with Crippen LogP contribution >= 0.6 is 11.6 Å². The highest BCUT2D eigenvalue weighted by molar-refractivity contribution is 6.33. The Morgan fingerprint density at radius 1 is 0.935 bits per heavy atom. The maximum atomic E-state index is 12.7. The fourth-order valence-electron chi connectivity index (χ4n) is 3.73. The number of morpholine rings is 2. The predicted octanol–water partition coefficient (Wildman–Crippen LogP) is 3.17. The minimum Gasteiger partial charge on any atom is -0.378 e. The molecule has 0 spiro atoms. The largest absolute Gasteiger partial charge is 0.378 e. The molecule has 2 saturated heterocycles. The van der Waals surface area contributed by atoms with Gasteiger partial charge < -0.3 is 24.6 Å². The first-order valence-electron chi connectivity index (χ1n) is 10.1. The summed E-state index contributed by atoms with van der Waals surface area (Å²) in [7, 11) is 0. The Balaban J connectivity index is 1.51. The molecule has 9 nitrogen and oxygen atoms in total. The number of hydrogen-bond donors (Lipinski definition) is 1. The van der Waals surface area contributed by atoms with E-state index in [-0.39, 0.29) is 11.3 Å². The van der Waals surface area contributed by atoms with Crippen LogP contribution in [0.25, 0.3) is 0 Å². The molecule has 0 aliphatic carbocycles. The monoisotopic (exact) mass is 446 g/mol. The number of nitro benzene ring substituents is 1. The summed E-state index contributed by atoms with van der Waals surface area (Å²) in [5.41, 5.74) is 2.00. The predicted molar refractivity (Wildman–Crippen MR) is 119 cm³/mol. The van der Waals surface area contributed by atoms with Crippen LogP contribution in [0.1, 0.15) is 10.4 Å². The number of carbonyl (C=O) groups excluding carboxylic acids is 1. The van der Waals surface area contributed by atoms with Crippen molar-refractivity contribution in [2.75, 3.05) is 67.7 Å². The van der Waals surface area contributed by atoms with Crippen LogP contribution in [0, 0.1) is 10.1 Å². The summed E-state index contributed by atoms with van der Waals surface area (Å²) < 4.78 is 10.7. The van der Waals surface area contributed by atoms with Crippen molar-refractivity contribution in [3.05, 3.63) is 57.1 Å². The lowest BCUT2D eigenvalue weighted by Gasteiger charge is -2.29. The van der Waals surface area contributed by atoms with Crippen LogP contribution in [-0.2, 0) is 9.47 Å². The van der Waals surface area contributed by atoms with Crippen molar-refractivity contribution in [2.24, 2.45) is 0 Å². The molecule has 2 aliphatic heterocycles. The van der Waals surface area contributed by atoms with Crippen molar-refractivity contribution in [1.82, 2.24) is 0 Å². The molecule has 164 valence electrons. The molecule has 31 heavy (non-hydrogen) atoms. The third-order valence-corrected chi connectivity index (χ3v) is 5.65. The van der Waals surface area contributed by atoms with Gasteiger partial charge in [0.25, 0.3) is 11.6 Å². The Morgan fingerprint density at radius 2 is 1.52 bits per heavy atom. The van der Waals surface area contributed by atoms with E-state index in [1.54, 1.807) is 24.3 Å². The second kappa shape index (κ2) is 9.51. The Bertz CT molecular complexity index is 974. The number of halogens is 1. The van der Waals surface area contributed by atoms with Gasteiger partial charge in [0.1, 0.15) is 5.69 Å². The minimum absolute atomic E-state index is 0.102. The van der Waals surface area contributed by atoms with Gasteiger partial charge in [-0.1, -0.05) is 11.6 Å². The van der Waals surface area contributed by atoms with Gasteiger partial charge in [-0.3, -0.25) is 14.9 Å². The van der Waals surface area contributed by atoms with Crippen LogP contribution in [0.3, 0.4) is 0 Å². The highest BCUT2D eigenvalue weighted by atomic mass is 35.5. The van der Waals surface area contributed by atoms with Crippen molar-refractivity contribution >= 4 is 40.3 Å². The highest BCUT2D eigenvalue weighted by Gasteiger charge is 2.23. The van der Waals surface area contributed by atoms with Crippen LogP contribution in [0.15, 0.2) is 36.4 Å². The summed E-state index contributed by atoms with van der Waals surface area (Å²) in [6.45, 7) is 4.97. The van der Waals surface area contributed by atoms with Crippen molar-refractivity contribution in [3.8, 4) is 0 Å². The maximum absolute atomic E-state index is 12.7. The molecule has 0 atom stereocenters. The fraction of sp³-hybridized carbons (Fsp3) is 0.381. The quantitative estimate of drug-likeness (QED) is 0.556. The summed E-state index contributed by atoms with van der Waals surface area (Å²) >= 11 is 6.43. The Hall–Kier alpha value is -2.88. The zero-order valence-corrected chi connectivity index (χ0v) is 17.6. The molecular weight excluding hydrogens is 424 g/mol. The zero-order chi connectivity index (χ0) is 21.8. The topological polar surface area (TPSA) is 97.2 Å². The van der Waals surface area contributed by atoms with Gasteiger partial charge >= 0.3 is 0 Å². The maximum Gasteiger partial charge on any atom is 0.293 e. The van der Waals surface area contributed by atoms with Crippen LogP contribution in [0.2, 0.25) is 5.02 Å². The zero-order valence-electron chi connectivity index (χ0n) is 16.9. The van der Waals surface area contributed by atoms with E-state index in [2.05, 4.69) is 10.2 Å². The van der Waals surface area contributed by atoms with Crippen LogP contribution in [0.5, 0.6) is 0 Å². The Morgan fingerprint density at radius 3 is 2.10 bits per heavy atom. The van der Waals surface area contributed by atoms with Gasteiger partial charge in [0.15, 0.2) is 0 Å². The average Bonchev–Trinajstić information content (AvgIpc) is 2.80. The molecule has 0 unspecified atom stereocenters. The number of nitrogens with one attached hydrogen (secondary N) is 1. The molecule has 2 aliphatic rings. The van der Waals surface area contributed by atoms with Crippen molar-refractivity contribution in [2.45, 2.75) is 0 Å². The molecule has 0 saturated carbocycles. The second-order valence-electron chi connectivity index (χ2n) is 7.28. The van der Waals surface area contributed by atoms with Gasteiger partial charge in [0.2, 0.25) is 0 Å². The molecule has 1 amide bonds. The Kier molecular flexibility index (Phi) is 6.55. The molecule has 4 rings (SSSR count). The van der Waals surface area contributed by atoms with Gasteiger partial charge in [-0.2, -0.15) is 0 Å². The van der Waals surface area contributed by atoms with Crippen molar-refractivity contribution in [1.29, 1.82) is 0 Å². The van der Waals surface area contributed by atoms with Crippen molar-refractivity contribution in [3.63, 3.8) is 0 Å². The minimum atomic E-state index is -0.463. The number of nitro groups is 1. The molecule has 1 N–H and O–H groups in total. The average molecular weight is 447 g/mol. The molecule has 2 aromatic carbocycles. The lowest BCUT2D eigenvalue weighted by molar-refractivity contribution is -0.384. The first-order valence-corrected chi connectivity index (χ1v) is 10.5. The molecular formula is C21H23ClN4O5. The summed E-state index contributed by atoms with van der Waals surface area (Å²) in [4.78, 5) is 27.9. The van der Waals surface area contributed by atoms with E-state index < -0.39 is 10.8 Å². The number of carbonyl (C=O) groups is 1. The molecule has 10 heteroatoms. The fourth-order valence-corrected chi connectivity index (χ4v) is 4.03. The number of ether oxygens (including phenoxy) is 2. The van der Waals surface area contributed by atoms with Gasteiger partial charge in [-0.25, -0.2) is 0 Å². The summed E-state index contributed by atoms with van der Waals surface area (Å²) in [5.74, 6) is -0.438. The van der Waals surface area contributed by atoms with Crippen molar-refractivity contribution < 1.29 is 19.2 Å². The van der Waals surface area contributed by atoms with Crippen LogP contribution in [-0.4, -0.2) is 63.4 Å². The number of hydrogen-bond acceptors (Lipinski definition) is 7. The number of benzene rings is 2. The van der Waals surface area contributed by atoms with Gasteiger partial charge in [0, 0.05) is 43.5 Å². The van der Waals surface area contributed by atoms with Crippen LogP contribution in [0.4, 0.5) is 22.7 Å². The third kappa shape index (κ3) is 4.90. The first-order chi connectivity index (χ1) is 15.0. The smallest absolute Gasteiger partial charge is 0.293 e. The van der Waals surface area contributed by atoms with Gasteiger partial charge in [-0.05, 0) is 30.3 Å². The van der Waals surface area contributed by atoms with E-state index in [0.717, 1.165) is 18.8 Å². The summed E-state index contributed by atoms with van der Waals surface area (Å²) in [5, 5.41) is 14.9. The van der Waals surface area contributed by atoms with E-state index in [9.17, 15) is 14.9 Å². The van der Waals surface area contributed by atoms with E-state index in [1.165, 1.54) is 6.07 Å². The molecule has 2 heterocycles. The van der Waals surface area contributed by atoms with E-state index >= 15 is 0 Å². The SMILES string of the molecule is O=C(Nc1ccc(N2CCOCC2)c(Cl)c1)c1ccc(N2CCOCC2)c([N+](=O)[O-])c1. The lowest BCUT2D eigenvalue weighted by Crippen LogP contribution is -2.36. The second-order valence-corrected chi connectivity index (χ2v) is 7.69. The molecule has 0 radical (unpaired) electrons. The standard InChI is InChI=1S/C21H23ClN4O5/c22-17-14-16(2-4-18(17)24-5-9-30-10-6-24)23-21(27)15-1-3-19(20(13-15)26(28)29)25-7-11-31-12-8-25/h1-4,13-14H,5-12H2,(H,23,27). The van der Waals surface area contributed by atoms with Crippen LogP contribution < -0.4 is 15.1 Å². The molecule has 2 fully saturated rings. The number of nitrogens with zero attached hydrogens (tertiary/aromatic N) is 3. The number of rotatable bonds is 5. The molecule has 0 aromatic heterocycles. The van der Waals surface area contributed by atoms with Gasteiger partial charge in [0.05, 0.1) is 42.1 Å². The third-order valence-electron chi connectivity index (χ3n) is 5.34. The van der Waals surface area contributed by atoms with E-state index in [4.69, 9.17) is 21.1 Å². The summed E-state index contributed by atoms with van der Waals surface area (Å²) in [6.07, 6.45) is 0. The number of amides is 1. The normalized spacial score (nSPS) is 16.8. The van der Waals surface area contributed by atoms with Gasteiger partial charge in [-0.15, -0.1) is 0 Å². The van der Waals surface area contributed by atoms with E-state index in [0.29, 0.717) is 55.9 Å². The Labute approximate surface area is 184 Å². The molecule has 0 bridgehead atoms. The first kappa shape index (κ1) is 21.4. The lowest BCUT2D eigenvalue weighted by atomic mass is 10.1. The summed E-state index contributed by atoms with van der Waals surface area (Å²) in [6, 6.07) is 9.83. The molecule has 2 aromatic rings.